The maximum absolute atomic E-state index is 11.0. The first-order valence-corrected chi connectivity index (χ1v) is 5.48. The number of fused-ring (bicyclic) bond motifs is 1. The molecule has 0 fully saturated rings. The fourth-order valence-corrected chi connectivity index (χ4v) is 2.13. The molecule has 2 aromatic rings. The van der Waals surface area contributed by atoms with E-state index in [4.69, 9.17) is 4.55 Å². The van der Waals surface area contributed by atoms with Crippen molar-refractivity contribution in [3.8, 4) is 0 Å². The van der Waals surface area contributed by atoms with Gasteiger partial charge in [0, 0.05) is 5.39 Å². The minimum absolute atomic E-state index is 0. The monoisotopic (exact) mass is 235 g/mol. The van der Waals surface area contributed by atoms with Crippen LogP contribution in [0.5, 0.6) is 0 Å². The summed E-state index contributed by atoms with van der Waals surface area (Å²) in [6.45, 7) is 0. The molecular weight excluding hydrogens is 227 g/mol. The van der Waals surface area contributed by atoms with E-state index in [1.54, 1.807) is 30.3 Å². The van der Waals surface area contributed by atoms with Crippen molar-refractivity contribution in [2.45, 2.75) is 4.90 Å². The molecule has 0 bridgehead atoms. The van der Waals surface area contributed by atoms with Gasteiger partial charge in [-0.15, -0.1) is 0 Å². The second-order valence-corrected chi connectivity index (χ2v) is 4.34. The van der Waals surface area contributed by atoms with Crippen LogP contribution in [-0.4, -0.2) is 30.3 Å². The van der Waals surface area contributed by atoms with Crippen molar-refractivity contribution in [3.05, 3.63) is 42.5 Å². The van der Waals surface area contributed by atoms with Gasteiger partial charge in [-0.3, -0.25) is 4.55 Å². The van der Waals surface area contributed by atoms with Gasteiger partial charge in [-0.1, -0.05) is 36.4 Å². The van der Waals surface area contributed by atoms with Crippen LogP contribution in [0.1, 0.15) is 0 Å². The van der Waals surface area contributed by atoms with Crippen LogP contribution in [0, 0.1) is 0 Å². The molecule has 0 atom stereocenters. The Hall–Kier alpha value is -0.858. The zero-order valence-corrected chi connectivity index (χ0v) is 9.76. The van der Waals surface area contributed by atoms with E-state index in [1.807, 2.05) is 6.07 Å². The van der Waals surface area contributed by atoms with Crippen molar-refractivity contribution in [1.82, 2.24) is 0 Å². The first kappa shape index (κ1) is 12.2. The van der Waals surface area contributed by atoms with E-state index in [9.17, 15) is 8.42 Å². The Morgan fingerprint density at radius 1 is 0.933 bits per heavy atom. The first-order valence-electron chi connectivity index (χ1n) is 4.04. The topological polar surface area (TPSA) is 54.4 Å². The van der Waals surface area contributed by atoms with E-state index in [0.29, 0.717) is 5.39 Å². The molecule has 0 aliphatic carbocycles. The number of rotatable bonds is 1. The Morgan fingerprint density at radius 2 is 1.53 bits per heavy atom. The molecule has 0 amide bonds. The smallest absolute Gasteiger partial charge is 0.282 e. The van der Waals surface area contributed by atoms with E-state index in [1.165, 1.54) is 6.07 Å². The summed E-state index contributed by atoms with van der Waals surface area (Å²) in [7, 11) is -4.13. The van der Waals surface area contributed by atoms with Gasteiger partial charge in [0.05, 0.1) is 0 Å². The number of hydrogen-bond donors (Lipinski definition) is 1. The minimum Gasteiger partial charge on any atom is -0.282 e. The Kier molecular flexibility index (Phi) is 3.53. The molecule has 15 heavy (non-hydrogen) atoms. The second kappa shape index (κ2) is 4.33. The zero-order chi connectivity index (χ0) is 10.2. The number of hydrogen-bond acceptors (Lipinski definition) is 2. The third kappa shape index (κ3) is 2.39. The average Bonchev–Trinajstić information content (AvgIpc) is 2.15. The van der Waals surface area contributed by atoms with E-state index in [-0.39, 0.29) is 22.3 Å². The summed E-state index contributed by atoms with van der Waals surface area (Å²) < 4.78 is 31.0. The maximum atomic E-state index is 11.0. The first-order chi connectivity index (χ1) is 6.59. The SMILES string of the molecule is O=S(=O)(O)c1cccc2ccccc12.[Al+3]. The van der Waals surface area contributed by atoms with E-state index >= 15 is 0 Å². The fourth-order valence-electron chi connectivity index (χ4n) is 1.42. The van der Waals surface area contributed by atoms with Crippen LogP contribution >= 0.6 is 0 Å². The van der Waals surface area contributed by atoms with Crippen molar-refractivity contribution in [2.24, 2.45) is 0 Å². The molecule has 5 heteroatoms. The van der Waals surface area contributed by atoms with E-state index < -0.39 is 10.1 Å². The predicted octanol–water partition coefficient (Wildman–Crippen LogP) is 1.71. The summed E-state index contributed by atoms with van der Waals surface area (Å²) in [5.74, 6) is 0. The van der Waals surface area contributed by atoms with Crippen molar-refractivity contribution < 1.29 is 13.0 Å². The van der Waals surface area contributed by atoms with Crippen molar-refractivity contribution in [3.63, 3.8) is 0 Å². The molecule has 0 aliphatic heterocycles. The van der Waals surface area contributed by atoms with Gasteiger partial charge in [-0.2, -0.15) is 8.42 Å². The van der Waals surface area contributed by atoms with Crippen LogP contribution in [0.2, 0.25) is 0 Å². The third-order valence-corrected chi connectivity index (χ3v) is 2.94. The van der Waals surface area contributed by atoms with E-state index in [0.717, 1.165) is 5.39 Å². The summed E-state index contributed by atoms with van der Waals surface area (Å²) in [5.41, 5.74) is 0. The fraction of sp³-hybridized carbons (Fsp3) is 0. The Morgan fingerprint density at radius 3 is 2.20 bits per heavy atom. The van der Waals surface area contributed by atoms with Gasteiger partial charge >= 0.3 is 17.4 Å². The Bertz CT molecular complexity index is 573. The molecule has 72 valence electrons. The molecule has 0 aromatic heterocycles. The zero-order valence-electron chi connectivity index (χ0n) is 7.79. The van der Waals surface area contributed by atoms with Crippen LogP contribution in [0.15, 0.2) is 47.4 Å². The molecule has 0 aliphatic rings. The molecular formula is C10H8AlO3S+3. The molecule has 0 radical (unpaired) electrons. The summed E-state index contributed by atoms with van der Waals surface area (Å²) in [5, 5.41) is 1.33. The van der Waals surface area contributed by atoms with Gasteiger partial charge in [0.15, 0.2) is 0 Å². The molecule has 0 saturated heterocycles. The maximum Gasteiger partial charge on any atom is 3.00 e. The van der Waals surface area contributed by atoms with Crippen molar-refractivity contribution in [2.75, 3.05) is 0 Å². The molecule has 2 aromatic carbocycles. The summed E-state index contributed by atoms with van der Waals surface area (Å²) >= 11 is 0. The Balaban J connectivity index is 0.00000112. The molecule has 0 saturated carbocycles. The summed E-state index contributed by atoms with van der Waals surface area (Å²) in [6.07, 6.45) is 0. The van der Waals surface area contributed by atoms with Crippen LogP contribution in [-0.2, 0) is 10.1 Å². The van der Waals surface area contributed by atoms with Gasteiger partial charge in [-0.25, -0.2) is 0 Å². The van der Waals surface area contributed by atoms with Crippen LogP contribution in [0.3, 0.4) is 0 Å². The molecule has 2 rings (SSSR count). The molecule has 0 spiro atoms. The summed E-state index contributed by atoms with van der Waals surface area (Å²) in [6, 6.07) is 11.8. The largest absolute Gasteiger partial charge is 3.00 e. The number of benzene rings is 2. The van der Waals surface area contributed by atoms with Crippen LogP contribution in [0.25, 0.3) is 10.8 Å². The van der Waals surface area contributed by atoms with Crippen molar-refractivity contribution >= 4 is 38.3 Å². The predicted molar refractivity (Wildman–Crippen MR) is 59.5 cm³/mol. The average molecular weight is 235 g/mol. The molecule has 0 unspecified atom stereocenters. The Labute approximate surface area is 98.6 Å². The second-order valence-electron chi connectivity index (χ2n) is 2.95. The molecule has 3 nitrogen and oxygen atoms in total. The van der Waals surface area contributed by atoms with Gasteiger partial charge in [0.25, 0.3) is 10.1 Å². The molecule has 0 heterocycles. The minimum atomic E-state index is -4.13. The normalized spacial score (nSPS) is 11.0. The third-order valence-electron chi connectivity index (χ3n) is 2.03. The van der Waals surface area contributed by atoms with Gasteiger partial charge in [0.1, 0.15) is 4.90 Å². The van der Waals surface area contributed by atoms with E-state index in [2.05, 4.69) is 0 Å². The summed E-state index contributed by atoms with van der Waals surface area (Å²) in [4.78, 5) is -0.0457. The van der Waals surface area contributed by atoms with Gasteiger partial charge < -0.3 is 0 Å². The van der Waals surface area contributed by atoms with Crippen molar-refractivity contribution in [1.29, 1.82) is 0 Å². The van der Waals surface area contributed by atoms with Gasteiger partial charge in [0.2, 0.25) is 0 Å². The molecule has 1 N–H and O–H groups in total. The standard InChI is InChI=1S/C10H8O3S.Al/c11-14(12,13)10-7-3-5-8-4-1-2-6-9(8)10;/h1-7H,(H,11,12,13);/q;+3. The van der Waals surface area contributed by atoms with Crippen LogP contribution < -0.4 is 0 Å². The van der Waals surface area contributed by atoms with Gasteiger partial charge in [-0.05, 0) is 11.5 Å². The van der Waals surface area contributed by atoms with Crippen LogP contribution in [0.4, 0.5) is 0 Å². The quantitative estimate of drug-likeness (QED) is 0.604.